The van der Waals surface area contributed by atoms with Gasteiger partial charge in [-0.3, -0.25) is 0 Å². The summed E-state index contributed by atoms with van der Waals surface area (Å²) in [6, 6.07) is 0. The summed E-state index contributed by atoms with van der Waals surface area (Å²) < 4.78 is 0. The van der Waals surface area contributed by atoms with Gasteiger partial charge in [0.2, 0.25) is 0 Å². The Morgan fingerprint density at radius 3 is 0.852 bits per heavy atom. The second kappa shape index (κ2) is 21.8. The molecule has 0 bridgehead atoms. The van der Waals surface area contributed by atoms with Gasteiger partial charge in [-0.1, -0.05) is 124 Å². The number of unbranched alkanes of at least 4 members (excludes halogenated alkanes) is 16. The zero-order valence-corrected chi connectivity index (χ0v) is 22.3. The smallest absolute Gasteiger partial charge is 0.0144 e. The fourth-order valence-corrected chi connectivity index (χ4v) is 9.49. The van der Waals surface area contributed by atoms with Crippen LogP contribution in [0.4, 0.5) is 0 Å². The van der Waals surface area contributed by atoms with Crippen molar-refractivity contribution in [2.75, 3.05) is 17.3 Å². The number of hydrogen-bond acceptors (Lipinski definition) is 0. The molecule has 0 saturated heterocycles. The SMILES string of the molecule is CCCCCCCCCS(I)(CCCCCCCC)CCCCCCCC. The fourth-order valence-electron chi connectivity index (χ4n) is 3.91. The van der Waals surface area contributed by atoms with Gasteiger partial charge in [-0.05, 0) is 57.7 Å². The summed E-state index contributed by atoms with van der Waals surface area (Å²) in [5.74, 6) is 4.68. The average molecular weight is 513 g/mol. The fraction of sp³-hybridized carbons (Fsp3) is 1.00. The van der Waals surface area contributed by atoms with Crippen molar-refractivity contribution in [3.05, 3.63) is 0 Å². The second-order valence-electron chi connectivity index (χ2n) is 8.71. The molecule has 166 valence electrons. The Balaban J connectivity index is 4.02. The molecule has 0 aromatic heterocycles. The third-order valence-electron chi connectivity index (χ3n) is 5.84. The van der Waals surface area contributed by atoms with E-state index in [2.05, 4.69) is 42.0 Å². The summed E-state index contributed by atoms with van der Waals surface area (Å²) in [5.41, 5.74) is 0. The first kappa shape index (κ1) is 28.1. The van der Waals surface area contributed by atoms with E-state index in [1.165, 1.54) is 122 Å². The molecule has 0 spiro atoms. The first-order valence-corrected chi connectivity index (χ1v) is 17.3. The summed E-state index contributed by atoms with van der Waals surface area (Å²) >= 11 is 2.97. The van der Waals surface area contributed by atoms with Crippen LogP contribution >= 0.6 is 28.4 Å². The summed E-state index contributed by atoms with van der Waals surface area (Å²) in [4.78, 5) is 0. The molecule has 0 N–H and O–H groups in total. The molecular weight excluding hydrogens is 459 g/mol. The maximum atomic E-state index is 2.97. The van der Waals surface area contributed by atoms with E-state index in [0.29, 0.717) is 0 Å². The number of hydrogen-bond donors (Lipinski definition) is 0. The van der Waals surface area contributed by atoms with Crippen molar-refractivity contribution in [1.82, 2.24) is 0 Å². The van der Waals surface area contributed by atoms with Gasteiger partial charge in [0, 0.05) is 0 Å². The average Bonchev–Trinajstić information content (AvgIpc) is 2.67. The first-order chi connectivity index (χ1) is 13.2. The van der Waals surface area contributed by atoms with E-state index >= 15 is 0 Å². The van der Waals surface area contributed by atoms with Crippen LogP contribution in [0.3, 0.4) is 0 Å². The highest BCUT2D eigenvalue weighted by Gasteiger charge is 2.19. The molecule has 0 fully saturated rings. The van der Waals surface area contributed by atoms with Crippen LogP contribution in [-0.4, -0.2) is 17.3 Å². The summed E-state index contributed by atoms with van der Waals surface area (Å²) in [6.07, 6.45) is 27.8. The Hall–Kier alpha value is 1.08. The van der Waals surface area contributed by atoms with Gasteiger partial charge in [0.1, 0.15) is 0 Å². The van der Waals surface area contributed by atoms with Gasteiger partial charge in [0.25, 0.3) is 0 Å². The molecule has 0 aliphatic rings. The van der Waals surface area contributed by atoms with Gasteiger partial charge in [0.05, 0.1) is 0 Å². The van der Waals surface area contributed by atoms with Crippen LogP contribution in [0.1, 0.15) is 143 Å². The van der Waals surface area contributed by atoms with Gasteiger partial charge < -0.3 is 0 Å². The first-order valence-electron chi connectivity index (χ1n) is 12.6. The highest BCUT2D eigenvalue weighted by molar-refractivity contribution is 14.2. The molecule has 0 aromatic rings. The highest BCUT2D eigenvalue weighted by atomic mass is 127. The van der Waals surface area contributed by atoms with Crippen molar-refractivity contribution in [3.63, 3.8) is 0 Å². The van der Waals surface area contributed by atoms with Crippen LogP contribution in [0.15, 0.2) is 0 Å². The van der Waals surface area contributed by atoms with E-state index in [1.807, 2.05) is 0 Å². The second-order valence-corrected chi connectivity index (χ2v) is 17.4. The molecule has 0 aromatic carbocycles. The Kier molecular flexibility index (Phi) is 22.7. The summed E-state index contributed by atoms with van der Waals surface area (Å²) in [6.45, 7) is 6.96. The van der Waals surface area contributed by atoms with Crippen molar-refractivity contribution in [3.8, 4) is 0 Å². The monoisotopic (exact) mass is 512 g/mol. The third kappa shape index (κ3) is 20.1. The Morgan fingerprint density at radius 2 is 0.593 bits per heavy atom. The predicted molar refractivity (Wildman–Crippen MR) is 141 cm³/mol. The molecule has 0 heterocycles. The third-order valence-corrected chi connectivity index (χ3v) is 12.9. The van der Waals surface area contributed by atoms with E-state index in [9.17, 15) is 0 Å². The van der Waals surface area contributed by atoms with Crippen LogP contribution in [0.25, 0.3) is 0 Å². The number of halogens is 1. The van der Waals surface area contributed by atoms with Crippen molar-refractivity contribution < 1.29 is 0 Å². The van der Waals surface area contributed by atoms with Gasteiger partial charge in [-0.25, -0.2) is 0 Å². The number of rotatable bonds is 22. The minimum atomic E-state index is -0.352. The summed E-state index contributed by atoms with van der Waals surface area (Å²) in [7, 11) is -0.352. The maximum absolute atomic E-state index is 2.97. The van der Waals surface area contributed by atoms with Crippen molar-refractivity contribution in [2.24, 2.45) is 0 Å². The normalized spacial score (nSPS) is 12.6. The predicted octanol–water partition coefficient (Wildman–Crippen LogP) is 10.6. The van der Waals surface area contributed by atoms with Crippen LogP contribution in [0.2, 0.25) is 0 Å². The van der Waals surface area contributed by atoms with E-state index in [4.69, 9.17) is 0 Å². The molecule has 27 heavy (non-hydrogen) atoms. The minimum absolute atomic E-state index is 0.352. The molecular formula is C25H53IS. The van der Waals surface area contributed by atoms with Crippen LogP contribution in [0.5, 0.6) is 0 Å². The molecule has 0 aliphatic carbocycles. The highest BCUT2D eigenvalue weighted by Crippen LogP contribution is 2.58. The van der Waals surface area contributed by atoms with E-state index in [0.717, 1.165) is 0 Å². The van der Waals surface area contributed by atoms with Gasteiger partial charge in [-0.15, -0.1) is 0 Å². The van der Waals surface area contributed by atoms with Gasteiger partial charge in [0.15, 0.2) is 0 Å². The Morgan fingerprint density at radius 1 is 0.370 bits per heavy atom. The van der Waals surface area contributed by atoms with E-state index in [-0.39, 0.29) is 7.20 Å². The molecule has 0 saturated carbocycles. The van der Waals surface area contributed by atoms with E-state index < -0.39 is 0 Å². The van der Waals surface area contributed by atoms with Crippen molar-refractivity contribution >= 4 is 28.4 Å². The van der Waals surface area contributed by atoms with Crippen LogP contribution < -0.4 is 0 Å². The lowest BCUT2D eigenvalue weighted by Gasteiger charge is -2.34. The van der Waals surface area contributed by atoms with Gasteiger partial charge >= 0.3 is 0 Å². The zero-order chi connectivity index (χ0) is 20.1. The van der Waals surface area contributed by atoms with Crippen LogP contribution in [-0.2, 0) is 0 Å². The van der Waals surface area contributed by atoms with Gasteiger partial charge in [-0.2, -0.15) is 7.20 Å². The van der Waals surface area contributed by atoms with E-state index in [1.54, 1.807) is 17.3 Å². The molecule has 0 unspecified atom stereocenters. The maximum Gasteiger partial charge on any atom is -0.0144 e. The Bertz CT molecular complexity index is 263. The molecule has 2 heteroatoms. The topological polar surface area (TPSA) is 0 Å². The quantitative estimate of drug-likeness (QED) is 0.0999. The Labute approximate surface area is 187 Å². The molecule has 0 aliphatic heterocycles. The molecule has 0 nitrogen and oxygen atoms in total. The largest absolute Gasteiger partial charge is 0.187 e. The standard InChI is InChI=1S/C25H53IS/c1-4-7-10-13-16-19-22-25-27(26,23-20-17-14-11-8-5-2)24-21-18-15-12-9-6-3/h4-25H2,1-3H3. The lowest BCUT2D eigenvalue weighted by atomic mass is 10.1. The van der Waals surface area contributed by atoms with Crippen molar-refractivity contribution in [1.29, 1.82) is 0 Å². The minimum Gasteiger partial charge on any atom is -0.187 e. The molecule has 0 radical (unpaired) electrons. The zero-order valence-electron chi connectivity index (χ0n) is 19.3. The molecule has 0 atom stereocenters. The lowest BCUT2D eigenvalue weighted by molar-refractivity contribution is 0.602. The molecule has 0 rings (SSSR count). The lowest BCUT2D eigenvalue weighted by Crippen LogP contribution is -2.08. The molecule has 0 amide bonds. The summed E-state index contributed by atoms with van der Waals surface area (Å²) in [5, 5.41) is 0. The van der Waals surface area contributed by atoms with Crippen molar-refractivity contribution in [2.45, 2.75) is 143 Å². The van der Waals surface area contributed by atoms with Crippen LogP contribution in [0, 0.1) is 0 Å².